The molecule has 0 fully saturated rings. The first kappa shape index (κ1) is 7.79. The van der Waals surface area contributed by atoms with Crippen LogP contribution >= 0.6 is 12.6 Å². The lowest BCUT2D eigenvalue weighted by atomic mass is 9.98. The predicted molar refractivity (Wildman–Crippen MR) is 48.2 cm³/mol. The first-order chi connectivity index (χ1) is 4.49. The molecule has 0 radical (unpaired) electrons. The Labute approximate surface area is 66.9 Å². The molecule has 0 saturated heterocycles. The highest BCUT2D eigenvalue weighted by atomic mass is 32.1. The minimum absolute atomic E-state index is 0.00289. The fraction of sp³-hybridized carbons (Fsp3) is 0.714. The fourth-order valence-electron chi connectivity index (χ4n) is 1.17. The van der Waals surface area contributed by atoms with Crippen molar-refractivity contribution in [1.29, 1.82) is 0 Å². The van der Waals surface area contributed by atoms with E-state index in [9.17, 15) is 0 Å². The maximum absolute atomic E-state index is 4.26. The van der Waals surface area contributed by atoms with Crippen LogP contribution in [0.25, 0.3) is 0 Å². The summed E-state index contributed by atoms with van der Waals surface area (Å²) in [6.07, 6.45) is 0.942. The van der Waals surface area contributed by atoms with E-state index < -0.39 is 0 Å². The van der Waals surface area contributed by atoms with E-state index >= 15 is 0 Å². The summed E-state index contributed by atoms with van der Waals surface area (Å²) < 4.78 is 0. The third-order valence-corrected chi connectivity index (χ3v) is 1.58. The van der Waals surface area contributed by atoms with Crippen molar-refractivity contribution in [1.82, 2.24) is 0 Å². The van der Waals surface area contributed by atoms with Crippen LogP contribution in [0.4, 0.5) is 0 Å². The Morgan fingerprint density at radius 1 is 1.50 bits per heavy atom. The number of rotatable bonds is 0. The summed E-state index contributed by atoms with van der Waals surface area (Å²) in [7, 11) is 0. The summed E-state index contributed by atoms with van der Waals surface area (Å²) in [6, 6.07) is 0. The Morgan fingerprint density at radius 2 is 2.10 bits per heavy atom. The summed E-state index contributed by atoms with van der Waals surface area (Å²) >= 11 is 4.10. The highest BCUT2D eigenvalue weighted by Crippen LogP contribution is 2.20. The van der Waals surface area contributed by atoms with Crippen LogP contribution in [0.1, 0.15) is 27.2 Å². The summed E-state index contributed by atoms with van der Waals surface area (Å²) in [4.78, 5) is 8.37. The molecule has 0 aromatic carbocycles. The quantitative estimate of drug-likeness (QED) is 0.518. The predicted octanol–water partition coefficient (Wildman–Crippen LogP) is 1.92. The average Bonchev–Trinajstić information content (AvgIpc) is 1.54. The van der Waals surface area contributed by atoms with Gasteiger partial charge in [0, 0.05) is 12.1 Å². The van der Waals surface area contributed by atoms with Crippen molar-refractivity contribution < 1.29 is 0 Å². The molecule has 0 aromatic heterocycles. The Bertz CT molecular complexity index is 204. The van der Waals surface area contributed by atoms with Gasteiger partial charge in [0.15, 0.2) is 5.17 Å². The molecule has 0 N–H and O–H groups in total. The van der Waals surface area contributed by atoms with Crippen molar-refractivity contribution in [3.63, 3.8) is 0 Å². The van der Waals surface area contributed by atoms with Gasteiger partial charge in [-0.25, -0.2) is 4.99 Å². The molecule has 1 aliphatic rings. The van der Waals surface area contributed by atoms with Crippen LogP contribution in [0.2, 0.25) is 0 Å². The molecule has 0 aliphatic carbocycles. The Morgan fingerprint density at radius 3 is 2.50 bits per heavy atom. The van der Waals surface area contributed by atoms with Gasteiger partial charge < -0.3 is 0 Å². The van der Waals surface area contributed by atoms with E-state index in [0.717, 1.165) is 12.1 Å². The maximum Gasteiger partial charge on any atom is 0.180 e. The smallest absolute Gasteiger partial charge is 0.180 e. The van der Waals surface area contributed by atoms with Gasteiger partial charge in [0.1, 0.15) is 0 Å². The van der Waals surface area contributed by atoms with Gasteiger partial charge >= 0.3 is 0 Å². The number of thiol groups is 1. The van der Waals surface area contributed by atoms with Gasteiger partial charge in [-0.15, -0.1) is 12.6 Å². The van der Waals surface area contributed by atoms with Crippen LogP contribution in [0.3, 0.4) is 0 Å². The normalized spacial score (nSPS) is 23.6. The maximum atomic E-state index is 4.26. The van der Waals surface area contributed by atoms with Crippen molar-refractivity contribution in [3.05, 3.63) is 0 Å². The summed E-state index contributed by atoms with van der Waals surface area (Å²) in [5.41, 5.74) is 1.12. The zero-order valence-corrected chi connectivity index (χ0v) is 7.44. The molecule has 2 nitrogen and oxygen atoms in total. The second kappa shape index (κ2) is 2.38. The third kappa shape index (κ3) is 1.84. The Balaban J connectivity index is 2.88. The largest absolute Gasteiger partial charge is 0.254 e. The topological polar surface area (TPSA) is 24.7 Å². The standard InChI is InChI=1S/C7H12N2S/c1-5-4-7(2,3)9-6(10)8-5/h4H2,1-3H3,(H,9,10). The van der Waals surface area contributed by atoms with Crippen molar-refractivity contribution in [2.45, 2.75) is 32.7 Å². The molecular weight excluding hydrogens is 144 g/mol. The van der Waals surface area contributed by atoms with Crippen LogP contribution in [0.5, 0.6) is 0 Å². The number of hydrogen-bond donors (Lipinski definition) is 1. The van der Waals surface area contributed by atoms with E-state index in [4.69, 9.17) is 0 Å². The molecule has 0 bridgehead atoms. The first-order valence-electron chi connectivity index (χ1n) is 3.33. The average molecular weight is 156 g/mol. The molecule has 10 heavy (non-hydrogen) atoms. The van der Waals surface area contributed by atoms with Crippen LogP contribution in [0.15, 0.2) is 9.98 Å². The summed E-state index contributed by atoms with van der Waals surface area (Å²) in [6.45, 7) is 6.18. The van der Waals surface area contributed by atoms with Crippen molar-refractivity contribution in [3.8, 4) is 0 Å². The molecule has 3 heteroatoms. The van der Waals surface area contributed by atoms with Crippen molar-refractivity contribution in [2.75, 3.05) is 0 Å². The second-order valence-electron chi connectivity index (χ2n) is 3.25. The van der Waals surface area contributed by atoms with Crippen LogP contribution in [-0.2, 0) is 0 Å². The lowest BCUT2D eigenvalue weighted by Crippen LogP contribution is -2.25. The van der Waals surface area contributed by atoms with E-state index in [1.807, 2.05) is 6.92 Å². The molecule has 0 amide bonds. The third-order valence-electron chi connectivity index (χ3n) is 1.38. The Kier molecular flexibility index (Phi) is 1.86. The van der Waals surface area contributed by atoms with Crippen molar-refractivity contribution in [2.24, 2.45) is 9.98 Å². The molecule has 1 rings (SSSR count). The SMILES string of the molecule is CC1=NC(S)=NC(C)(C)C1. The molecule has 0 unspecified atom stereocenters. The van der Waals surface area contributed by atoms with Crippen LogP contribution in [-0.4, -0.2) is 16.4 Å². The van der Waals surface area contributed by atoms with Gasteiger partial charge in [-0.2, -0.15) is 0 Å². The number of aliphatic imine (C=N–C) groups is 2. The van der Waals surface area contributed by atoms with Gasteiger partial charge in [0.2, 0.25) is 0 Å². The summed E-state index contributed by atoms with van der Waals surface area (Å²) in [5.74, 6) is 0. The lowest BCUT2D eigenvalue weighted by molar-refractivity contribution is 0.541. The van der Waals surface area contributed by atoms with Gasteiger partial charge in [-0.05, 0) is 20.8 Å². The molecule has 0 aromatic rings. The fourth-order valence-corrected chi connectivity index (χ4v) is 1.61. The van der Waals surface area contributed by atoms with E-state index in [1.165, 1.54) is 0 Å². The minimum atomic E-state index is 0.00289. The second-order valence-corrected chi connectivity index (χ2v) is 3.65. The molecule has 56 valence electrons. The van der Waals surface area contributed by atoms with E-state index in [1.54, 1.807) is 0 Å². The molecule has 1 aliphatic heterocycles. The lowest BCUT2D eigenvalue weighted by Gasteiger charge is -2.22. The van der Waals surface area contributed by atoms with Crippen LogP contribution < -0.4 is 0 Å². The van der Waals surface area contributed by atoms with Crippen LogP contribution in [0, 0.1) is 0 Å². The molecule has 0 spiro atoms. The van der Waals surface area contributed by atoms with Crippen molar-refractivity contribution >= 4 is 23.5 Å². The Hall–Kier alpha value is -0.310. The number of nitrogens with zero attached hydrogens (tertiary/aromatic N) is 2. The van der Waals surface area contributed by atoms with Gasteiger partial charge in [0.05, 0.1) is 5.54 Å². The van der Waals surface area contributed by atoms with E-state index in [2.05, 4.69) is 36.5 Å². The monoisotopic (exact) mass is 156 g/mol. The summed E-state index contributed by atoms with van der Waals surface area (Å²) in [5, 5.41) is 0.605. The van der Waals surface area contributed by atoms with Gasteiger partial charge in [-0.1, -0.05) is 0 Å². The molecular formula is C7H12N2S. The van der Waals surface area contributed by atoms with Gasteiger partial charge in [-0.3, -0.25) is 4.99 Å². The zero-order valence-electron chi connectivity index (χ0n) is 6.55. The number of amidine groups is 1. The molecule has 0 atom stereocenters. The highest BCUT2D eigenvalue weighted by Gasteiger charge is 2.21. The highest BCUT2D eigenvalue weighted by molar-refractivity contribution is 7.97. The number of hydrogen-bond acceptors (Lipinski definition) is 2. The van der Waals surface area contributed by atoms with E-state index in [0.29, 0.717) is 5.17 Å². The van der Waals surface area contributed by atoms with Gasteiger partial charge in [0.25, 0.3) is 0 Å². The first-order valence-corrected chi connectivity index (χ1v) is 3.77. The minimum Gasteiger partial charge on any atom is -0.254 e. The molecule has 0 saturated carbocycles. The van der Waals surface area contributed by atoms with E-state index in [-0.39, 0.29) is 5.54 Å². The zero-order chi connectivity index (χ0) is 7.78. The molecule has 1 heterocycles.